The van der Waals surface area contributed by atoms with Gasteiger partial charge in [-0.25, -0.2) is 0 Å². The Balaban J connectivity index is 1.29. The van der Waals surface area contributed by atoms with Crippen molar-refractivity contribution in [2.24, 2.45) is 11.8 Å². The number of fused-ring (bicyclic) bond motifs is 1. The minimum atomic E-state index is 0.114. The van der Waals surface area contributed by atoms with E-state index in [4.69, 9.17) is 4.74 Å². The summed E-state index contributed by atoms with van der Waals surface area (Å²) >= 11 is 0. The van der Waals surface area contributed by atoms with Crippen LogP contribution >= 0.6 is 0 Å². The largest absolute Gasteiger partial charge is 0.508 e. The molecule has 2 heterocycles. The molecule has 1 aliphatic heterocycles. The fourth-order valence-corrected chi connectivity index (χ4v) is 4.12. The van der Waals surface area contributed by atoms with Gasteiger partial charge in [0.25, 0.3) is 0 Å². The van der Waals surface area contributed by atoms with E-state index in [1.54, 1.807) is 36.7 Å². The number of hydrogen-bond donors (Lipinski definition) is 1. The van der Waals surface area contributed by atoms with Crippen molar-refractivity contribution < 1.29 is 14.6 Å². The molecule has 130 valence electrons. The fourth-order valence-electron chi connectivity index (χ4n) is 4.12. The molecule has 1 saturated carbocycles. The van der Waals surface area contributed by atoms with Gasteiger partial charge in [0.2, 0.25) is 0 Å². The Labute approximate surface area is 147 Å². The lowest BCUT2D eigenvalue weighted by Crippen LogP contribution is -2.30. The zero-order valence-corrected chi connectivity index (χ0v) is 14.0. The standard InChI is InChI=1S/C20H22N2O3/c23-17-5-3-14(4-6-17)20(24)13-22-11-15-8-19(9-16(15)12-22)25-18-2-1-7-21-10-18/h1-7,10,15-16,19,23H,8-9,11-13H2/t15-,16+,19?. The van der Waals surface area contributed by atoms with E-state index in [1.165, 1.54) is 0 Å². The van der Waals surface area contributed by atoms with Crippen LogP contribution in [0.5, 0.6) is 11.5 Å². The van der Waals surface area contributed by atoms with Gasteiger partial charge in [-0.1, -0.05) is 0 Å². The first kappa shape index (κ1) is 16.1. The van der Waals surface area contributed by atoms with Crippen molar-refractivity contribution in [2.75, 3.05) is 19.6 Å². The number of ether oxygens (including phenoxy) is 1. The zero-order valence-electron chi connectivity index (χ0n) is 14.0. The van der Waals surface area contributed by atoms with Crippen molar-refractivity contribution in [3.63, 3.8) is 0 Å². The van der Waals surface area contributed by atoms with Crippen molar-refractivity contribution in [3.8, 4) is 11.5 Å². The van der Waals surface area contributed by atoms with E-state index in [9.17, 15) is 9.90 Å². The second-order valence-electron chi connectivity index (χ2n) is 7.08. The van der Waals surface area contributed by atoms with E-state index in [0.29, 0.717) is 23.9 Å². The monoisotopic (exact) mass is 338 g/mol. The van der Waals surface area contributed by atoms with Gasteiger partial charge in [-0.3, -0.25) is 14.7 Å². The number of phenolic OH excluding ortho intramolecular Hbond substituents is 1. The molecule has 0 amide bonds. The van der Waals surface area contributed by atoms with Gasteiger partial charge in [-0.05, 0) is 61.1 Å². The van der Waals surface area contributed by atoms with Gasteiger partial charge in [-0.2, -0.15) is 0 Å². The predicted octanol–water partition coefficient (Wildman–Crippen LogP) is 2.76. The highest BCUT2D eigenvalue weighted by atomic mass is 16.5. The van der Waals surface area contributed by atoms with Crippen LogP contribution < -0.4 is 4.74 Å². The lowest BCUT2D eigenvalue weighted by molar-refractivity contribution is 0.0936. The molecular weight excluding hydrogens is 316 g/mol. The summed E-state index contributed by atoms with van der Waals surface area (Å²) in [4.78, 5) is 18.7. The number of hydrogen-bond acceptors (Lipinski definition) is 5. The average Bonchev–Trinajstić information content (AvgIpc) is 3.14. The average molecular weight is 338 g/mol. The van der Waals surface area contributed by atoms with E-state index in [0.717, 1.165) is 31.7 Å². The number of nitrogens with zero attached hydrogens (tertiary/aromatic N) is 2. The highest BCUT2D eigenvalue weighted by molar-refractivity contribution is 5.97. The summed E-state index contributed by atoms with van der Waals surface area (Å²) < 4.78 is 6.04. The van der Waals surface area contributed by atoms with Crippen molar-refractivity contribution >= 4 is 5.78 Å². The first-order valence-electron chi connectivity index (χ1n) is 8.78. The maximum atomic E-state index is 12.4. The van der Waals surface area contributed by atoms with Crippen LogP contribution in [0.4, 0.5) is 0 Å². The topological polar surface area (TPSA) is 62.7 Å². The molecule has 0 bridgehead atoms. The molecule has 25 heavy (non-hydrogen) atoms. The molecule has 1 aromatic heterocycles. The Morgan fingerprint density at radius 3 is 2.52 bits per heavy atom. The van der Waals surface area contributed by atoms with Crippen LogP contribution in [0.15, 0.2) is 48.8 Å². The number of carbonyl (C=O) groups excluding carboxylic acids is 1. The molecule has 1 N–H and O–H groups in total. The van der Waals surface area contributed by atoms with Crippen LogP contribution in [0, 0.1) is 11.8 Å². The summed E-state index contributed by atoms with van der Waals surface area (Å²) in [7, 11) is 0. The van der Waals surface area contributed by atoms with E-state index < -0.39 is 0 Å². The summed E-state index contributed by atoms with van der Waals surface area (Å²) in [6.07, 6.45) is 5.86. The van der Waals surface area contributed by atoms with Gasteiger partial charge in [-0.15, -0.1) is 0 Å². The molecule has 2 aliphatic rings. The first-order valence-corrected chi connectivity index (χ1v) is 8.78. The quantitative estimate of drug-likeness (QED) is 0.850. The van der Waals surface area contributed by atoms with E-state index in [1.807, 2.05) is 12.1 Å². The molecule has 4 rings (SSSR count). The Morgan fingerprint density at radius 2 is 1.88 bits per heavy atom. The van der Waals surface area contributed by atoms with Gasteiger partial charge in [0.1, 0.15) is 11.5 Å². The molecule has 2 aromatic rings. The van der Waals surface area contributed by atoms with Crippen LogP contribution in [-0.2, 0) is 0 Å². The van der Waals surface area contributed by atoms with Crippen molar-refractivity contribution in [1.82, 2.24) is 9.88 Å². The predicted molar refractivity (Wildman–Crippen MR) is 93.7 cm³/mol. The Morgan fingerprint density at radius 1 is 1.16 bits per heavy atom. The number of ketones is 1. The molecule has 1 unspecified atom stereocenters. The second-order valence-corrected chi connectivity index (χ2v) is 7.08. The Hall–Kier alpha value is -2.40. The third-order valence-corrected chi connectivity index (χ3v) is 5.28. The summed E-state index contributed by atoms with van der Waals surface area (Å²) in [5.74, 6) is 2.35. The molecule has 3 atom stereocenters. The summed E-state index contributed by atoms with van der Waals surface area (Å²) in [6, 6.07) is 10.3. The normalized spacial score (nSPS) is 25.7. The number of aromatic hydroxyl groups is 1. The number of benzene rings is 1. The molecule has 5 heteroatoms. The lowest BCUT2D eigenvalue weighted by Gasteiger charge is -2.19. The van der Waals surface area contributed by atoms with Gasteiger partial charge in [0.05, 0.1) is 18.8 Å². The number of carbonyl (C=O) groups is 1. The summed E-state index contributed by atoms with van der Waals surface area (Å²) in [6.45, 7) is 2.37. The van der Waals surface area contributed by atoms with Crippen LogP contribution in [0.25, 0.3) is 0 Å². The molecule has 1 aromatic carbocycles. The van der Waals surface area contributed by atoms with Crippen molar-refractivity contribution in [2.45, 2.75) is 18.9 Å². The Kier molecular flexibility index (Phi) is 4.40. The van der Waals surface area contributed by atoms with E-state index in [2.05, 4.69) is 9.88 Å². The van der Waals surface area contributed by atoms with Gasteiger partial charge in [0.15, 0.2) is 5.78 Å². The maximum Gasteiger partial charge on any atom is 0.176 e. The van der Waals surface area contributed by atoms with Crippen LogP contribution in [0.3, 0.4) is 0 Å². The van der Waals surface area contributed by atoms with Crippen molar-refractivity contribution in [3.05, 3.63) is 54.4 Å². The first-order chi connectivity index (χ1) is 12.2. The molecular formula is C20H22N2O3. The third-order valence-electron chi connectivity index (χ3n) is 5.28. The molecule has 5 nitrogen and oxygen atoms in total. The number of rotatable bonds is 5. The third kappa shape index (κ3) is 3.66. The number of phenols is 1. The number of aromatic nitrogens is 1. The van der Waals surface area contributed by atoms with E-state index in [-0.39, 0.29) is 17.6 Å². The second kappa shape index (κ2) is 6.84. The fraction of sp³-hybridized carbons (Fsp3) is 0.400. The van der Waals surface area contributed by atoms with Crippen LogP contribution in [-0.4, -0.2) is 46.5 Å². The minimum Gasteiger partial charge on any atom is -0.508 e. The zero-order chi connectivity index (χ0) is 17.2. The summed E-state index contributed by atoms with van der Waals surface area (Å²) in [5.41, 5.74) is 0.660. The van der Waals surface area contributed by atoms with Gasteiger partial charge < -0.3 is 9.84 Å². The summed E-state index contributed by atoms with van der Waals surface area (Å²) in [5, 5.41) is 9.32. The van der Waals surface area contributed by atoms with Crippen molar-refractivity contribution in [1.29, 1.82) is 0 Å². The number of pyridine rings is 1. The van der Waals surface area contributed by atoms with E-state index >= 15 is 0 Å². The molecule has 0 radical (unpaired) electrons. The SMILES string of the molecule is O=C(CN1C[C@H]2CC(Oc3cccnc3)C[C@H]2C1)c1ccc(O)cc1. The minimum absolute atomic E-state index is 0.114. The maximum absolute atomic E-state index is 12.4. The number of Topliss-reactive ketones (excluding diaryl/α,β-unsaturated/α-hetero) is 1. The number of likely N-dealkylation sites (tertiary alicyclic amines) is 1. The highest BCUT2D eigenvalue weighted by Gasteiger charge is 2.42. The highest BCUT2D eigenvalue weighted by Crippen LogP contribution is 2.39. The van der Waals surface area contributed by atoms with Crippen LogP contribution in [0.2, 0.25) is 0 Å². The lowest BCUT2D eigenvalue weighted by atomic mass is 10.0. The van der Waals surface area contributed by atoms with Gasteiger partial charge in [0, 0.05) is 24.8 Å². The smallest absolute Gasteiger partial charge is 0.176 e. The molecule has 2 fully saturated rings. The molecule has 1 saturated heterocycles. The Bertz CT molecular complexity index is 718. The van der Waals surface area contributed by atoms with Gasteiger partial charge >= 0.3 is 0 Å². The van der Waals surface area contributed by atoms with Crippen LogP contribution in [0.1, 0.15) is 23.2 Å². The molecule has 1 aliphatic carbocycles. The molecule has 0 spiro atoms.